The fraction of sp³-hybridized carbons (Fsp3) is 0.286. The first kappa shape index (κ1) is 15.6. The van der Waals surface area contributed by atoms with Gasteiger partial charge in [0, 0.05) is 17.7 Å². The topological polar surface area (TPSA) is 47.0 Å². The van der Waals surface area contributed by atoms with Gasteiger partial charge in [0.15, 0.2) is 0 Å². The second-order valence-corrected chi connectivity index (χ2v) is 5.43. The van der Waals surface area contributed by atoms with Gasteiger partial charge < -0.3 is 10.1 Å². The van der Waals surface area contributed by atoms with E-state index in [0.717, 1.165) is 5.69 Å². The Bertz CT molecular complexity index is 606. The molecular weight excluding hydrogens is 344 g/mol. The van der Waals surface area contributed by atoms with Gasteiger partial charge in [0.25, 0.3) is 0 Å². The number of hydrogen-bond donors (Lipinski definition) is 1. The lowest BCUT2D eigenvalue weighted by Crippen LogP contribution is -2.03. The first-order chi connectivity index (χ1) is 9.94. The molecule has 0 spiro atoms. The zero-order valence-electron chi connectivity index (χ0n) is 11.5. The Morgan fingerprint density at radius 3 is 2.38 bits per heavy atom. The molecule has 112 valence electrons. The first-order valence-corrected chi connectivity index (χ1v) is 7.09. The summed E-state index contributed by atoms with van der Waals surface area (Å²) in [6.45, 7) is 1.18. The van der Waals surface area contributed by atoms with E-state index in [0.29, 0.717) is 16.2 Å². The van der Waals surface area contributed by atoms with E-state index in [1.54, 1.807) is 18.2 Å². The molecular formula is C14H14BrF2N3O. The lowest BCUT2D eigenvalue weighted by atomic mass is 10.2. The van der Waals surface area contributed by atoms with Crippen LogP contribution in [0, 0.1) is 0 Å². The second kappa shape index (κ2) is 6.80. The number of benzene rings is 1. The van der Waals surface area contributed by atoms with Gasteiger partial charge in [-0.25, -0.2) is 9.97 Å². The summed E-state index contributed by atoms with van der Waals surface area (Å²) in [6.07, 6.45) is 0. The number of rotatable bonds is 5. The van der Waals surface area contributed by atoms with Crippen LogP contribution in [-0.2, 0) is 0 Å². The van der Waals surface area contributed by atoms with Gasteiger partial charge in [-0.05, 0) is 40.2 Å². The Labute approximate surface area is 129 Å². The Morgan fingerprint density at radius 2 is 1.81 bits per heavy atom. The Kier molecular flexibility index (Phi) is 5.06. The number of anilines is 2. The zero-order chi connectivity index (χ0) is 15.4. The molecule has 1 heterocycles. The third kappa shape index (κ3) is 4.63. The second-order valence-electron chi connectivity index (χ2n) is 4.62. The molecule has 1 N–H and O–H groups in total. The molecule has 0 unspecified atom stereocenters. The lowest BCUT2D eigenvalue weighted by molar-refractivity contribution is -0.0498. The van der Waals surface area contributed by atoms with Crippen LogP contribution in [0.25, 0.3) is 0 Å². The van der Waals surface area contributed by atoms with Crippen LogP contribution in [0.3, 0.4) is 0 Å². The molecule has 0 fully saturated rings. The minimum atomic E-state index is -2.82. The Morgan fingerprint density at radius 1 is 1.14 bits per heavy atom. The monoisotopic (exact) mass is 357 g/mol. The van der Waals surface area contributed by atoms with Gasteiger partial charge in [0.2, 0.25) is 0 Å². The van der Waals surface area contributed by atoms with Crippen molar-refractivity contribution in [1.82, 2.24) is 9.97 Å². The standard InChI is InChI=1S/C14H14BrF2N3O/c1-8(2)13-19-11(15)7-12(20-13)18-9-3-5-10(6-4-9)21-14(16)17/h3-8,14H,1-2H3,(H,18,19,20). The normalized spacial score (nSPS) is 11.0. The van der Waals surface area contributed by atoms with E-state index in [-0.39, 0.29) is 11.7 Å². The van der Waals surface area contributed by atoms with Crippen LogP contribution in [0.15, 0.2) is 34.9 Å². The number of ether oxygens (including phenoxy) is 1. The highest BCUT2D eigenvalue weighted by Crippen LogP contribution is 2.23. The summed E-state index contributed by atoms with van der Waals surface area (Å²) in [6, 6.07) is 7.96. The van der Waals surface area contributed by atoms with Crippen molar-refractivity contribution >= 4 is 27.4 Å². The van der Waals surface area contributed by atoms with Crippen LogP contribution >= 0.6 is 15.9 Å². The molecule has 0 radical (unpaired) electrons. The van der Waals surface area contributed by atoms with Crippen molar-refractivity contribution in [2.45, 2.75) is 26.4 Å². The Hall–Kier alpha value is -1.76. The van der Waals surface area contributed by atoms with Crippen molar-refractivity contribution < 1.29 is 13.5 Å². The third-order valence-corrected chi connectivity index (χ3v) is 2.99. The van der Waals surface area contributed by atoms with Gasteiger partial charge in [-0.1, -0.05) is 13.8 Å². The van der Waals surface area contributed by atoms with E-state index in [9.17, 15) is 8.78 Å². The predicted octanol–water partition coefficient (Wildman–Crippen LogP) is 4.71. The number of hydrogen-bond acceptors (Lipinski definition) is 4. The Balaban J connectivity index is 2.14. The SMILES string of the molecule is CC(C)c1nc(Br)cc(Nc2ccc(OC(F)F)cc2)n1. The van der Waals surface area contributed by atoms with Gasteiger partial charge >= 0.3 is 6.61 Å². The van der Waals surface area contributed by atoms with Gasteiger partial charge in [-0.15, -0.1) is 0 Å². The van der Waals surface area contributed by atoms with Gasteiger partial charge in [0.1, 0.15) is 22.0 Å². The largest absolute Gasteiger partial charge is 0.435 e. The zero-order valence-corrected chi connectivity index (χ0v) is 13.1. The molecule has 2 rings (SSSR count). The fourth-order valence-electron chi connectivity index (χ4n) is 1.63. The molecule has 1 aromatic carbocycles. The number of nitrogens with one attached hydrogen (secondary N) is 1. The number of aromatic nitrogens is 2. The van der Waals surface area contributed by atoms with E-state index < -0.39 is 6.61 Å². The van der Waals surface area contributed by atoms with Crippen molar-refractivity contribution in [2.24, 2.45) is 0 Å². The lowest BCUT2D eigenvalue weighted by Gasteiger charge is -2.10. The quantitative estimate of drug-likeness (QED) is 0.787. The van der Waals surface area contributed by atoms with Crippen LogP contribution < -0.4 is 10.1 Å². The van der Waals surface area contributed by atoms with E-state index in [2.05, 4.69) is 36.0 Å². The fourth-order valence-corrected chi connectivity index (χ4v) is 2.02. The average molecular weight is 358 g/mol. The molecule has 0 saturated carbocycles. The molecule has 0 bridgehead atoms. The molecule has 0 aliphatic heterocycles. The molecule has 4 nitrogen and oxygen atoms in total. The molecule has 0 amide bonds. The number of halogens is 3. The van der Waals surface area contributed by atoms with Gasteiger partial charge in [-0.2, -0.15) is 8.78 Å². The van der Waals surface area contributed by atoms with Crippen LogP contribution in [-0.4, -0.2) is 16.6 Å². The highest BCUT2D eigenvalue weighted by Gasteiger charge is 2.08. The minimum absolute atomic E-state index is 0.113. The van der Waals surface area contributed by atoms with Crippen LogP contribution in [0.1, 0.15) is 25.6 Å². The van der Waals surface area contributed by atoms with Crippen LogP contribution in [0.2, 0.25) is 0 Å². The molecule has 0 atom stereocenters. The molecule has 21 heavy (non-hydrogen) atoms. The summed E-state index contributed by atoms with van der Waals surface area (Å²) < 4.78 is 29.1. The van der Waals surface area contributed by atoms with E-state index in [4.69, 9.17) is 0 Å². The summed E-state index contributed by atoms with van der Waals surface area (Å²) in [7, 11) is 0. The summed E-state index contributed by atoms with van der Waals surface area (Å²) in [5, 5.41) is 3.10. The third-order valence-electron chi connectivity index (χ3n) is 2.58. The van der Waals surface area contributed by atoms with Crippen molar-refractivity contribution in [2.75, 3.05) is 5.32 Å². The van der Waals surface area contributed by atoms with Gasteiger partial charge in [-0.3, -0.25) is 0 Å². The molecule has 2 aromatic rings. The van der Waals surface area contributed by atoms with E-state index >= 15 is 0 Å². The average Bonchev–Trinajstić information content (AvgIpc) is 2.39. The molecule has 0 aliphatic carbocycles. The minimum Gasteiger partial charge on any atom is -0.435 e. The maximum atomic E-state index is 12.1. The van der Waals surface area contributed by atoms with Crippen molar-refractivity contribution in [3.63, 3.8) is 0 Å². The summed E-state index contributed by atoms with van der Waals surface area (Å²) in [5.74, 6) is 1.65. The smallest absolute Gasteiger partial charge is 0.387 e. The van der Waals surface area contributed by atoms with Crippen LogP contribution in [0.5, 0.6) is 5.75 Å². The first-order valence-electron chi connectivity index (χ1n) is 6.30. The van der Waals surface area contributed by atoms with E-state index in [1.807, 2.05) is 13.8 Å². The van der Waals surface area contributed by atoms with Gasteiger partial charge in [0.05, 0.1) is 0 Å². The molecule has 0 aliphatic rings. The van der Waals surface area contributed by atoms with Crippen LogP contribution in [0.4, 0.5) is 20.3 Å². The molecule has 7 heteroatoms. The molecule has 1 aromatic heterocycles. The highest BCUT2D eigenvalue weighted by atomic mass is 79.9. The summed E-state index contributed by atoms with van der Waals surface area (Å²) in [5.41, 5.74) is 0.719. The summed E-state index contributed by atoms with van der Waals surface area (Å²) in [4.78, 5) is 8.68. The van der Waals surface area contributed by atoms with Crippen molar-refractivity contribution in [3.05, 3.63) is 40.8 Å². The molecule has 0 saturated heterocycles. The van der Waals surface area contributed by atoms with Crippen molar-refractivity contribution in [1.29, 1.82) is 0 Å². The predicted molar refractivity (Wildman–Crippen MR) is 80.2 cm³/mol. The maximum Gasteiger partial charge on any atom is 0.387 e. The maximum absolute atomic E-state index is 12.1. The van der Waals surface area contributed by atoms with Crippen molar-refractivity contribution in [3.8, 4) is 5.75 Å². The van der Waals surface area contributed by atoms with E-state index in [1.165, 1.54) is 12.1 Å². The highest BCUT2D eigenvalue weighted by molar-refractivity contribution is 9.10. The number of nitrogens with zero attached hydrogens (tertiary/aromatic N) is 2. The number of alkyl halides is 2. The summed E-state index contributed by atoms with van der Waals surface area (Å²) >= 11 is 3.34.